The molecule has 0 aliphatic carbocycles. The van der Waals surface area contributed by atoms with Gasteiger partial charge >= 0.3 is 5.97 Å². The monoisotopic (exact) mass is 289 g/mol. The highest BCUT2D eigenvalue weighted by atomic mass is 16.4. The molecule has 1 heterocycles. The molecule has 0 bridgehead atoms. The van der Waals surface area contributed by atoms with Gasteiger partial charge in [0.25, 0.3) is 0 Å². The van der Waals surface area contributed by atoms with Crippen molar-refractivity contribution in [3.8, 4) is 0 Å². The van der Waals surface area contributed by atoms with E-state index in [0.29, 0.717) is 12.5 Å². The highest BCUT2D eigenvalue weighted by Gasteiger charge is 2.44. The molecule has 0 radical (unpaired) electrons. The standard InChI is InChI=1S/C17H23NO3/c1-10(2)9-18-15(19)8-14(17(20)21)16(18)13-6-5-11(3)12(4)7-13/h5-7,10,14,16H,8-9H2,1-4H3,(H,20,21). The maximum absolute atomic E-state index is 12.2. The van der Waals surface area contributed by atoms with E-state index in [4.69, 9.17) is 0 Å². The van der Waals surface area contributed by atoms with Gasteiger partial charge in [-0.15, -0.1) is 0 Å². The fourth-order valence-corrected chi connectivity index (χ4v) is 2.98. The van der Waals surface area contributed by atoms with Crippen LogP contribution in [0.15, 0.2) is 18.2 Å². The van der Waals surface area contributed by atoms with Crippen molar-refractivity contribution >= 4 is 11.9 Å². The zero-order chi connectivity index (χ0) is 15.7. The second-order valence-electron chi connectivity index (χ2n) is 6.38. The lowest BCUT2D eigenvalue weighted by molar-refractivity contribution is -0.142. The van der Waals surface area contributed by atoms with Gasteiger partial charge in [-0.1, -0.05) is 32.0 Å². The molecule has 1 aromatic rings. The number of amides is 1. The fourth-order valence-electron chi connectivity index (χ4n) is 2.98. The van der Waals surface area contributed by atoms with Crippen molar-refractivity contribution < 1.29 is 14.7 Å². The van der Waals surface area contributed by atoms with Crippen LogP contribution < -0.4 is 0 Å². The third kappa shape index (κ3) is 3.09. The average molecular weight is 289 g/mol. The maximum Gasteiger partial charge on any atom is 0.309 e. The summed E-state index contributed by atoms with van der Waals surface area (Å²) in [5.41, 5.74) is 3.22. The maximum atomic E-state index is 12.2. The first kappa shape index (κ1) is 15.5. The van der Waals surface area contributed by atoms with Crippen molar-refractivity contribution in [3.63, 3.8) is 0 Å². The number of likely N-dealkylation sites (tertiary alicyclic amines) is 1. The predicted octanol–water partition coefficient (Wildman–Crippen LogP) is 2.93. The van der Waals surface area contributed by atoms with E-state index < -0.39 is 11.9 Å². The number of carboxylic acids is 1. The lowest BCUT2D eigenvalue weighted by atomic mass is 9.91. The second kappa shape index (κ2) is 5.88. The largest absolute Gasteiger partial charge is 0.481 e. The number of carbonyl (C=O) groups is 2. The number of benzene rings is 1. The zero-order valence-corrected chi connectivity index (χ0v) is 13.1. The fraction of sp³-hybridized carbons (Fsp3) is 0.529. The van der Waals surface area contributed by atoms with Crippen LogP contribution in [0.5, 0.6) is 0 Å². The molecule has 0 saturated carbocycles. The van der Waals surface area contributed by atoms with Crippen LogP contribution >= 0.6 is 0 Å². The summed E-state index contributed by atoms with van der Waals surface area (Å²) in [6.07, 6.45) is 0.0969. The minimum Gasteiger partial charge on any atom is -0.481 e. The number of aryl methyl sites for hydroxylation is 2. The van der Waals surface area contributed by atoms with Gasteiger partial charge in [0.1, 0.15) is 0 Å². The molecule has 4 nitrogen and oxygen atoms in total. The average Bonchev–Trinajstić information content (AvgIpc) is 2.70. The summed E-state index contributed by atoms with van der Waals surface area (Å²) in [6.45, 7) is 8.72. The van der Waals surface area contributed by atoms with E-state index in [2.05, 4.69) is 0 Å². The molecule has 1 N–H and O–H groups in total. The summed E-state index contributed by atoms with van der Waals surface area (Å²) >= 11 is 0. The van der Waals surface area contributed by atoms with E-state index >= 15 is 0 Å². The van der Waals surface area contributed by atoms with E-state index in [1.54, 1.807) is 4.90 Å². The Morgan fingerprint density at radius 3 is 2.52 bits per heavy atom. The Kier molecular flexibility index (Phi) is 4.35. The lowest BCUT2D eigenvalue weighted by Gasteiger charge is -2.29. The van der Waals surface area contributed by atoms with Crippen molar-refractivity contribution in [2.45, 2.75) is 40.2 Å². The SMILES string of the molecule is Cc1ccc(C2C(C(=O)O)CC(=O)N2CC(C)C)cc1C. The minimum absolute atomic E-state index is 0.0562. The van der Waals surface area contributed by atoms with Gasteiger partial charge in [-0.2, -0.15) is 0 Å². The van der Waals surface area contributed by atoms with Crippen molar-refractivity contribution in [1.82, 2.24) is 4.90 Å². The Hall–Kier alpha value is -1.84. The molecule has 1 saturated heterocycles. The summed E-state index contributed by atoms with van der Waals surface area (Å²) in [5, 5.41) is 9.46. The smallest absolute Gasteiger partial charge is 0.309 e. The first-order valence-corrected chi connectivity index (χ1v) is 7.40. The third-order valence-corrected chi connectivity index (χ3v) is 4.18. The van der Waals surface area contributed by atoms with E-state index in [0.717, 1.165) is 11.1 Å². The molecule has 2 atom stereocenters. The number of rotatable bonds is 4. The molecule has 1 aliphatic rings. The van der Waals surface area contributed by atoms with Crippen molar-refractivity contribution in [2.75, 3.05) is 6.54 Å². The molecule has 0 spiro atoms. The predicted molar refractivity (Wildman–Crippen MR) is 81.0 cm³/mol. The number of carbonyl (C=O) groups excluding carboxylic acids is 1. The quantitative estimate of drug-likeness (QED) is 0.927. The van der Waals surface area contributed by atoms with Crippen LogP contribution in [0.1, 0.15) is 43.0 Å². The Balaban J connectivity index is 2.43. The van der Waals surface area contributed by atoms with Crippen LogP contribution in [0.3, 0.4) is 0 Å². The molecule has 2 rings (SSSR count). The van der Waals surface area contributed by atoms with Crippen LogP contribution in [0, 0.1) is 25.7 Å². The summed E-state index contributed by atoms with van der Waals surface area (Å²) in [6, 6.07) is 5.62. The van der Waals surface area contributed by atoms with Crippen LogP contribution in [-0.4, -0.2) is 28.4 Å². The molecule has 1 aliphatic heterocycles. The highest BCUT2D eigenvalue weighted by molar-refractivity contribution is 5.87. The molecule has 2 unspecified atom stereocenters. The Morgan fingerprint density at radius 2 is 2.00 bits per heavy atom. The Labute approximate surface area is 125 Å². The van der Waals surface area contributed by atoms with Crippen LogP contribution in [-0.2, 0) is 9.59 Å². The van der Waals surface area contributed by atoms with Gasteiger partial charge in [-0.3, -0.25) is 9.59 Å². The Morgan fingerprint density at radius 1 is 1.33 bits per heavy atom. The van der Waals surface area contributed by atoms with Gasteiger partial charge in [0, 0.05) is 13.0 Å². The van der Waals surface area contributed by atoms with Crippen molar-refractivity contribution in [3.05, 3.63) is 34.9 Å². The first-order valence-electron chi connectivity index (χ1n) is 7.40. The van der Waals surface area contributed by atoms with Crippen LogP contribution in [0.25, 0.3) is 0 Å². The highest BCUT2D eigenvalue weighted by Crippen LogP contribution is 2.39. The van der Waals surface area contributed by atoms with Gasteiger partial charge in [-0.25, -0.2) is 0 Å². The first-order chi connectivity index (χ1) is 9.81. The molecule has 1 fully saturated rings. The molecular formula is C17H23NO3. The minimum atomic E-state index is -0.891. The molecule has 1 amide bonds. The molecule has 0 aromatic heterocycles. The summed E-state index contributed by atoms with van der Waals surface area (Å²) in [4.78, 5) is 25.5. The zero-order valence-electron chi connectivity index (χ0n) is 13.1. The number of hydrogen-bond donors (Lipinski definition) is 1. The number of hydrogen-bond acceptors (Lipinski definition) is 2. The number of nitrogens with zero attached hydrogens (tertiary/aromatic N) is 1. The lowest BCUT2D eigenvalue weighted by Crippen LogP contribution is -2.33. The van der Waals surface area contributed by atoms with Crippen molar-refractivity contribution in [1.29, 1.82) is 0 Å². The van der Waals surface area contributed by atoms with Gasteiger partial charge < -0.3 is 10.0 Å². The summed E-state index contributed by atoms with van der Waals surface area (Å²) in [5.74, 6) is -1.29. The molecular weight excluding hydrogens is 266 g/mol. The van der Waals surface area contributed by atoms with E-state index in [1.165, 1.54) is 5.56 Å². The molecule has 21 heavy (non-hydrogen) atoms. The van der Waals surface area contributed by atoms with Crippen LogP contribution in [0.2, 0.25) is 0 Å². The van der Waals surface area contributed by atoms with Crippen molar-refractivity contribution in [2.24, 2.45) is 11.8 Å². The van der Waals surface area contributed by atoms with Gasteiger partial charge in [-0.05, 0) is 36.5 Å². The topological polar surface area (TPSA) is 57.6 Å². The van der Waals surface area contributed by atoms with E-state index in [-0.39, 0.29) is 18.4 Å². The molecule has 114 valence electrons. The van der Waals surface area contributed by atoms with E-state index in [9.17, 15) is 14.7 Å². The third-order valence-electron chi connectivity index (χ3n) is 4.18. The molecule has 1 aromatic carbocycles. The van der Waals surface area contributed by atoms with Gasteiger partial charge in [0.05, 0.1) is 12.0 Å². The van der Waals surface area contributed by atoms with Gasteiger partial charge in [0.2, 0.25) is 5.91 Å². The van der Waals surface area contributed by atoms with Crippen LogP contribution in [0.4, 0.5) is 0 Å². The normalized spacial score (nSPS) is 22.1. The number of carboxylic acid groups (broad SMARTS) is 1. The number of aliphatic carboxylic acids is 1. The molecule has 4 heteroatoms. The second-order valence-corrected chi connectivity index (χ2v) is 6.38. The summed E-state index contributed by atoms with van der Waals surface area (Å²) < 4.78 is 0. The Bertz CT molecular complexity index is 565. The summed E-state index contributed by atoms with van der Waals surface area (Å²) in [7, 11) is 0. The van der Waals surface area contributed by atoms with E-state index in [1.807, 2.05) is 45.9 Å². The van der Waals surface area contributed by atoms with Gasteiger partial charge in [0.15, 0.2) is 0 Å².